The standard InChI is InChI=1S/C22H26F3N5O3/c1-21(2,3)33-20(32)29-16-6-5-15(22(23,24)25)13-17(16)28-18(31)14-7-11-30(12-8-14)19-26-9-4-10-27-19/h4-6,9-10,13-14H,7-8,11-12H2,1-3H3,(H,28,31)(H,29,32). The molecule has 2 aromatic rings. The monoisotopic (exact) mass is 465 g/mol. The zero-order valence-electron chi connectivity index (χ0n) is 18.6. The van der Waals surface area contributed by atoms with Crippen molar-refractivity contribution in [2.75, 3.05) is 28.6 Å². The van der Waals surface area contributed by atoms with Crippen LogP contribution in [0.25, 0.3) is 0 Å². The van der Waals surface area contributed by atoms with Gasteiger partial charge in [0.05, 0.1) is 16.9 Å². The number of amides is 2. The molecule has 1 aromatic carbocycles. The van der Waals surface area contributed by atoms with Crippen molar-refractivity contribution in [3.05, 3.63) is 42.2 Å². The van der Waals surface area contributed by atoms with E-state index in [9.17, 15) is 22.8 Å². The molecule has 8 nitrogen and oxygen atoms in total. The van der Waals surface area contributed by atoms with E-state index in [0.717, 1.165) is 18.2 Å². The van der Waals surface area contributed by atoms with Crippen LogP contribution in [0.2, 0.25) is 0 Å². The first kappa shape index (κ1) is 24.3. The Bertz CT molecular complexity index is 985. The first-order valence-corrected chi connectivity index (χ1v) is 10.5. The SMILES string of the molecule is CC(C)(C)OC(=O)Nc1ccc(C(F)(F)F)cc1NC(=O)C1CCN(c2ncccn2)CC1. The number of anilines is 3. The zero-order chi connectivity index (χ0) is 24.2. The molecule has 2 N–H and O–H groups in total. The van der Waals surface area contributed by atoms with Crippen molar-refractivity contribution in [1.82, 2.24) is 9.97 Å². The maximum absolute atomic E-state index is 13.2. The van der Waals surface area contributed by atoms with Crippen LogP contribution in [0.5, 0.6) is 0 Å². The fourth-order valence-electron chi connectivity index (χ4n) is 3.38. The third-order valence-electron chi connectivity index (χ3n) is 4.94. The van der Waals surface area contributed by atoms with E-state index in [1.54, 1.807) is 39.2 Å². The van der Waals surface area contributed by atoms with Crippen molar-refractivity contribution in [2.24, 2.45) is 5.92 Å². The lowest BCUT2D eigenvalue weighted by atomic mass is 9.96. The molecule has 0 bridgehead atoms. The first-order chi connectivity index (χ1) is 15.4. The van der Waals surface area contributed by atoms with Crippen LogP contribution in [-0.4, -0.2) is 40.7 Å². The van der Waals surface area contributed by atoms with E-state index >= 15 is 0 Å². The molecule has 0 spiro atoms. The highest BCUT2D eigenvalue weighted by Crippen LogP contribution is 2.35. The predicted octanol–water partition coefficient (Wildman–Crippen LogP) is 4.70. The minimum Gasteiger partial charge on any atom is -0.444 e. The molecule has 2 amide bonds. The van der Waals surface area contributed by atoms with E-state index in [-0.39, 0.29) is 11.4 Å². The molecular weight excluding hydrogens is 439 g/mol. The summed E-state index contributed by atoms with van der Waals surface area (Å²) in [6, 6.07) is 4.44. The normalized spacial score (nSPS) is 15.2. The number of nitrogens with one attached hydrogen (secondary N) is 2. The number of carbonyl (C=O) groups excluding carboxylic acids is 2. The summed E-state index contributed by atoms with van der Waals surface area (Å²) in [5.74, 6) is -0.262. The number of rotatable bonds is 4. The molecule has 1 fully saturated rings. The number of nitrogens with zero attached hydrogens (tertiary/aromatic N) is 3. The number of benzene rings is 1. The number of alkyl halides is 3. The molecule has 1 aromatic heterocycles. The minimum atomic E-state index is -4.61. The highest BCUT2D eigenvalue weighted by atomic mass is 19.4. The van der Waals surface area contributed by atoms with Crippen molar-refractivity contribution < 1.29 is 27.5 Å². The molecule has 0 unspecified atom stereocenters. The maximum Gasteiger partial charge on any atom is 0.416 e. The van der Waals surface area contributed by atoms with Gasteiger partial charge >= 0.3 is 12.3 Å². The van der Waals surface area contributed by atoms with Crippen LogP contribution in [-0.2, 0) is 15.7 Å². The number of carbonyl (C=O) groups is 2. The maximum atomic E-state index is 13.2. The summed E-state index contributed by atoms with van der Waals surface area (Å²) in [7, 11) is 0. The molecule has 0 radical (unpaired) electrons. The Morgan fingerprint density at radius 1 is 1.03 bits per heavy atom. The predicted molar refractivity (Wildman–Crippen MR) is 117 cm³/mol. The van der Waals surface area contributed by atoms with Gasteiger partial charge in [-0.3, -0.25) is 10.1 Å². The van der Waals surface area contributed by atoms with E-state index in [2.05, 4.69) is 20.6 Å². The summed E-state index contributed by atoms with van der Waals surface area (Å²) < 4.78 is 44.9. The van der Waals surface area contributed by atoms with Gasteiger partial charge in [-0.25, -0.2) is 14.8 Å². The number of hydrogen-bond donors (Lipinski definition) is 2. The molecule has 2 heterocycles. The van der Waals surface area contributed by atoms with Gasteiger partial charge in [0.15, 0.2) is 0 Å². The summed E-state index contributed by atoms with van der Waals surface area (Å²) >= 11 is 0. The van der Waals surface area contributed by atoms with Crippen LogP contribution in [0, 0.1) is 5.92 Å². The van der Waals surface area contributed by atoms with Gasteiger partial charge < -0.3 is 15.0 Å². The van der Waals surface area contributed by atoms with Crippen molar-refractivity contribution in [3.8, 4) is 0 Å². The second kappa shape index (κ2) is 9.63. The lowest BCUT2D eigenvalue weighted by molar-refractivity contribution is -0.137. The van der Waals surface area contributed by atoms with Crippen molar-refractivity contribution >= 4 is 29.3 Å². The average molecular weight is 465 g/mol. The van der Waals surface area contributed by atoms with Crippen molar-refractivity contribution in [2.45, 2.75) is 45.4 Å². The van der Waals surface area contributed by atoms with Gasteiger partial charge in [-0.15, -0.1) is 0 Å². The van der Waals surface area contributed by atoms with E-state index in [4.69, 9.17) is 4.74 Å². The van der Waals surface area contributed by atoms with Gasteiger partial charge in [-0.05, 0) is 57.9 Å². The molecule has 3 rings (SSSR count). The molecule has 33 heavy (non-hydrogen) atoms. The Morgan fingerprint density at radius 2 is 1.67 bits per heavy atom. The molecule has 1 aliphatic rings. The fraction of sp³-hybridized carbons (Fsp3) is 0.455. The van der Waals surface area contributed by atoms with Gasteiger partial charge in [0, 0.05) is 31.4 Å². The van der Waals surface area contributed by atoms with Gasteiger partial charge in [-0.1, -0.05) is 0 Å². The van der Waals surface area contributed by atoms with Crippen LogP contribution in [0.15, 0.2) is 36.7 Å². The Morgan fingerprint density at radius 3 is 2.24 bits per heavy atom. The van der Waals surface area contributed by atoms with Gasteiger partial charge in [0.2, 0.25) is 11.9 Å². The van der Waals surface area contributed by atoms with Gasteiger partial charge in [0.25, 0.3) is 0 Å². The molecule has 11 heteroatoms. The van der Waals surface area contributed by atoms with Crippen LogP contribution in [0.3, 0.4) is 0 Å². The van der Waals surface area contributed by atoms with E-state index in [1.807, 2.05) is 4.90 Å². The molecular formula is C22H26F3N5O3. The molecule has 1 aliphatic heterocycles. The quantitative estimate of drug-likeness (QED) is 0.680. The second-order valence-electron chi connectivity index (χ2n) is 8.68. The summed E-state index contributed by atoms with van der Waals surface area (Å²) in [6.07, 6.45) is -1.21. The Balaban J connectivity index is 1.72. The van der Waals surface area contributed by atoms with Gasteiger partial charge in [0.1, 0.15) is 5.60 Å². The topological polar surface area (TPSA) is 96.5 Å². The second-order valence-corrected chi connectivity index (χ2v) is 8.68. The van der Waals surface area contributed by atoms with Gasteiger partial charge in [-0.2, -0.15) is 13.2 Å². The van der Waals surface area contributed by atoms with Crippen molar-refractivity contribution in [3.63, 3.8) is 0 Å². The van der Waals surface area contributed by atoms with E-state index in [0.29, 0.717) is 31.9 Å². The number of hydrogen-bond acceptors (Lipinski definition) is 6. The van der Waals surface area contributed by atoms with Crippen LogP contribution in [0.1, 0.15) is 39.2 Å². The molecule has 0 aliphatic carbocycles. The first-order valence-electron chi connectivity index (χ1n) is 10.5. The van der Waals surface area contributed by atoms with E-state index < -0.39 is 35.3 Å². The summed E-state index contributed by atoms with van der Waals surface area (Å²) in [6.45, 7) is 6.06. The van der Waals surface area contributed by atoms with Crippen molar-refractivity contribution in [1.29, 1.82) is 0 Å². The van der Waals surface area contributed by atoms with Crippen LogP contribution in [0.4, 0.5) is 35.3 Å². The fourth-order valence-corrected chi connectivity index (χ4v) is 3.38. The Labute approximate surface area is 189 Å². The summed E-state index contributed by atoms with van der Waals surface area (Å²) in [5.41, 5.74) is -1.87. The zero-order valence-corrected chi connectivity index (χ0v) is 18.6. The largest absolute Gasteiger partial charge is 0.444 e. The molecule has 1 saturated heterocycles. The third-order valence-corrected chi connectivity index (χ3v) is 4.94. The lowest BCUT2D eigenvalue weighted by Gasteiger charge is -2.31. The molecule has 0 atom stereocenters. The average Bonchev–Trinajstić information content (AvgIpc) is 2.73. The molecule has 0 saturated carbocycles. The number of aromatic nitrogens is 2. The number of halogens is 3. The summed E-state index contributed by atoms with van der Waals surface area (Å²) in [4.78, 5) is 35.3. The van der Waals surface area contributed by atoms with Crippen LogP contribution < -0.4 is 15.5 Å². The molecule has 178 valence electrons. The summed E-state index contributed by atoms with van der Waals surface area (Å²) in [5, 5.41) is 4.97. The Kier molecular flexibility index (Phi) is 7.09. The number of piperidine rings is 1. The third kappa shape index (κ3) is 6.80. The van der Waals surface area contributed by atoms with E-state index in [1.165, 1.54) is 0 Å². The Hall–Kier alpha value is -3.37. The van der Waals surface area contributed by atoms with Crippen LogP contribution >= 0.6 is 0 Å². The highest BCUT2D eigenvalue weighted by Gasteiger charge is 2.32. The highest BCUT2D eigenvalue weighted by molar-refractivity contribution is 5.99. The minimum absolute atomic E-state index is 0.0146. The lowest BCUT2D eigenvalue weighted by Crippen LogP contribution is -2.39. The number of ether oxygens (including phenoxy) is 1. The smallest absolute Gasteiger partial charge is 0.416 e.